The summed E-state index contributed by atoms with van der Waals surface area (Å²) in [5.74, 6) is -0.742. The molecule has 0 saturated heterocycles. The Bertz CT molecular complexity index is 327. The quantitative estimate of drug-likeness (QED) is 0.419. The molecule has 0 atom stereocenters. The van der Waals surface area contributed by atoms with Crippen LogP contribution in [0.25, 0.3) is 0 Å². The fraction of sp³-hybridized carbons (Fsp3) is 1.00. The zero-order chi connectivity index (χ0) is 15.8. The molecule has 2 saturated carbocycles. The van der Waals surface area contributed by atoms with Gasteiger partial charge in [-0.15, -0.1) is 0 Å². The van der Waals surface area contributed by atoms with Crippen molar-refractivity contribution in [1.29, 1.82) is 0 Å². The van der Waals surface area contributed by atoms with Crippen molar-refractivity contribution < 1.29 is 19.6 Å². The van der Waals surface area contributed by atoms with Crippen molar-refractivity contribution in [3.05, 3.63) is 0 Å². The summed E-state index contributed by atoms with van der Waals surface area (Å²) >= 11 is 0. The summed E-state index contributed by atoms with van der Waals surface area (Å²) in [6.07, 6.45) is 8.01. The smallest absolute Gasteiger partial charge is 0.228 e. The van der Waals surface area contributed by atoms with E-state index in [-0.39, 0.29) is 16.6 Å². The van der Waals surface area contributed by atoms with E-state index in [0.717, 1.165) is 25.7 Å². The molecular formula is C17H32O4. The first-order chi connectivity index (χ1) is 9.58. The van der Waals surface area contributed by atoms with E-state index in [4.69, 9.17) is 19.6 Å². The maximum Gasteiger partial charge on any atom is 0.239 e. The highest BCUT2D eigenvalue weighted by Crippen LogP contribution is 2.61. The summed E-state index contributed by atoms with van der Waals surface area (Å²) in [4.78, 5) is 23.0. The first-order valence-electron chi connectivity index (χ1n) is 8.31. The third kappa shape index (κ3) is 3.98. The van der Waals surface area contributed by atoms with Crippen LogP contribution < -0.4 is 0 Å². The van der Waals surface area contributed by atoms with Crippen LogP contribution in [-0.4, -0.2) is 17.0 Å². The van der Waals surface area contributed by atoms with Gasteiger partial charge in [-0.2, -0.15) is 9.78 Å². The highest BCUT2D eigenvalue weighted by atomic mass is 17.3. The van der Waals surface area contributed by atoms with Gasteiger partial charge in [-0.1, -0.05) is 19.3 Å². The van der Waals surface area contributed by atoms with Crippen LogP contribution in [-0.2, 0) is 19.6 Å². The molecule has 2 aliphatic carbocycles. The first kappa shape index (κ1) is 17.2. The van der Waals surface area contributed by atoms with E-state index >= 15 is 0 Å². The molecule has 4 nitrogen and oxygen atoms in total. The fourth-order valence-corrected chi connectivity index (χ4v) is 3.20. The lowest BCUT2D eigenvalue weighted by molar-refractivity contribution is -0.585. The molecule has 4 heteroatoms. The fourth-order valence-electron chi connectivity index (χ4n) is 3.20. The Morgan fingerprint density at radius 3 is 1.43 bits per heavy atom. The Labute approximate surface area is 129 Å². The number of rotatable bonds is 4. The van der Waals surface area contributed by atoms with E-state index in [1.54, 1.807) is 0 Å². The van der Waals surface area contributed by atoms with E-state index in [2.05, 4.69) is 0 Å². The molecule has 0 aromatic heterocycles. The van der Waals surface area contributed by atoms with Gasteiger partial charge in [-0.25, -0.2) is 9.78 Å². The minimum atomic E-state index is -0.742. The average Bonchev–Trinajstić information content (AvgIpc) is 2.36. The first-order valence-corrected chi connectivity index (χ1v) is 8.31. The normalized spacial score (nSPS) is 24.9. The monoisotopic (exact) mass is 300 g/mol. The Balaban J connectivity index is 2.10. The van der Waals surface area contributed by atoms with Gasteiger partial charge in [0.2, 0.25) is 5.79 Å². The third-order valence-electron chi connectivity index (χ3n) is 4.40. The molecule has 0 aromatic carbocycles. The molecule has 0 radical (unpaired) electrons. The Morgan fingerprint density at radius 1 is 0.619 bits per heavy atom. The van der Waals surface area contributed by atoms with Gasteiger partial charge in [0.05, 0.1) is 11.2 Å². The molecular weight excluding hydrogens is 268 g/mol. The predicted molar refractivity (Wildman–Crippen MR) is 81.3 cm³/mol. The second-order valence-electron chi connectivity index (χ2n) is 8.65. The summed E-state index contributed by atoms with van der Waals surface area (Å²) in [5.41, 5.74) is -0.658. The van der Waals surface area contributed by atoms with Crippen molar-refractivity contribution >= 4 is 0 Å². The maximum absolute atomic E-state index is 5.87. The summed E-state index contributed by atoms with van der Waals surface area (Å²) in [5, 5.41) is 0. The van der Waals surface area contributed by atoms with Gasteiger partial charge < -0.3 is 0 Å². The van der Waals surface area contributed by atoms with E-state index in [0.29, 0.717) is 0 Å². The average molecular weight is 300 g/mol. The summed E-state index contributed by atoms with van der Waals surface area (Å²) < 4.78 is 0. The highest BCUT2D eigenvalue weighted by Gasteiger charge is 2.64. The highest BCUT2D eigenvalue weighted by molar-refractivity contribution is 5.04. The van der Waals surface area contributed by atoms with E-state index < -0.39 is 5.79 Å². The SMILES string of the molecule is CC(C)(C)OOC1(OOC(C)(C)C)CCC12CCCCC2. The van der Waals surface area contributed by atoms with Crippen molar-refractivity contribution in [1.82, 2.24) is 0 Å². The molecule has 0 aliphatic heterocycles. The van der Waals surface area contributed by atoms with E-state index in [1.807, 2.05) is 41.5 Å². The molecule has 2 rings (SSSR count). The molecule has 0 heterocycles. The molecule has 21 heavy (non-hydrogen) atoms. The minimum Gasteiger partial charge on any atom is -0.228 e. The summed E-state index contributed by atoms with van der Waals surface area (Å²) in [7, 11) is 0. The van der Waals surface area contributed by atoms with Crippen LogP contribution in [0.2, 0.25) is 0 Å². The zero-order valence-electron chi connectivity index (χ0n) is 14.6. The van der Waals surface area contributed by atoms with Crippen LogP contribution in [0.3, 0.4) is 0 Å². The van der Waals surface area contributed by atoms with Crippen molar-refractivity contribution in [2.24, 2.45) is 5.41 Å². The topological polar surface area (TPSA) is 36.9 Å². The maximum atomic E-state index is 5.87. The van der Waals surface area contributed by atoms with Crippen LogP contribution in [0.5, 0.6) is 0 Å². The van der Waals surface area contributed by atoms with Gasteiger partial charge in [0.25, 0.3) is 0 Å². The second-order valence-corrected chi connectivity index (χ2v) is 8.65. The molecule has 0 aromatic rings. The van der Waals surface area contributed by atoms with Crippen LogP contribution >= 0.6 is 0 Å². The van der Waals surface area contributed by atoms with Gasteiger partial charge in [-0.05, 0) is 60.8 Å². The standard InChI is InChI=1S/C17H32O4/c1-14(2,3)18-20-17(21-19-15(4,5)6)13-12-16(17)10-8-7-9-11-16/h7-13H2,1-6H3. The predicted octanol–water partition coefficient (Wildman–Crippen LogP) is 4.92. The van der Waals surface area contributed by atoms with Gasteiger partial charge >= 0.3 is 0 Å². The van der Waals surface area contributed by atoms with Crippen LogP contribution in [0.4, 0.5) is 0 Å². The van der Waals surface area contributed by atoms with Gasteiger partial charge in [0.1, 0.15) is 0 Å². The largest absolute Gasteiger partial charge is 0.239 e. The number of hydrogen-bond acceptors (Lipinski definition) is 4. The van der Waals surface area contributed by atoms with Gasteiger partial charge in [0, 0.05) is 11.8 Å². The zero-order valence-corrected chi connectivity index (χ0v) is 14.6. The Kier molecular flexibility index (Phi) is 4.75. The van der Waals surface area contributed by atoms with Gasteiger partial charge in [0.15, 0.2) is 0 Å². The van der Waals surface area contributed by atoms with Crippen LogP contribution in [0.1, 0.15) is 86.5 Å². The summed E-state index contributed by atoms with van der Waals surface area (Å²) in [6.45, 7) is 11.9. The Hall–Kier alpha value is -0.160. The van der Waals surface area contributed by atoms with Crippen molar-refractivity contribution in [2.45, 2.75) is 103 Å². The van der Waals surface area contributed by atoms with Crippen molar-refractivity contribution in [3.63, 3.8) is 0 Å². The lowest BCUT2D eigenvalue weighted by atomic mass is 9.56. The second kappa shape index (κ2) is 5.80. The van der Waals surface area contributed by atoms with E-state index in [9.17, 15) is 0 Å². The molecule has 2 fully saturated rings. The molecule has 124 valence electrons. The molecule has 0 amide bonds. The van der Waals surface area contributed by atoms with Crippen molar-refractivity contribution in [2.75, 3.05) is 0 Å². The minimum absolute atomic E-state index is 0.0573. The molecule has 0 bridgehead atoms. The van der Waals surface area contributed by atoms with Crippen molar-refractivity contribution in [3.8, 4) is 0 Å². The van der Waals surface area contributed by atoms with Gasteiger partial charge in [-0.3, -0.25) is 0 Å². The number of hydrogen-bond donors (Lipinski definition) is 0. The lowest BCUT2D eigenvalue weighted by Gasteiger charge is -2.58. The van der Waals surface area contributed by atoms with Crippen LogP contribution in [0.15, 0.2) is 0 Å². The van der Waals surface area contributed by atoms with Crippen LogP contribution in [0, 0.1) is 5.41 Å². The van der Waals surface area contributed by atoms with E-state index in [1.165, 1.54) is 19.3 Å². The molecule has 2 aliphatic rings. The third-order valence-corrected chi connectivity index (χ3v) is 4.40. The molecule has 0 N–H and O–H groups in total. The lowest BCUT2D eigenvalue weighted by Crippen LogP contribution is -2.62. The Morgan fingerprint density at radius 2 is 1.10 bits per heavy atom. The molecule has 0 unspecified atom stereocenters. The molecule has 1 spiro atoms. The summed E-state index contributed by atoms with van der Waals surface area (Å²) in [6, 6.07) is 0.